The number of rotatable bonds is 6. The molecular weight excluding hydrogens is 416 g/mol. The Kier molecular flexibility index (Phi) is 7.87. The van der Waals surface area contributed by atoms with E-state index in [9.17, 15) is 9.59 Å². The van der Waals surface area contributed by atoms with E-state index in [2.05, 4.69) is 0 Å². The van der Waals surface area contributed by atoms with Crippen LogP contribution in [-0.2, 0) is 19.6 Å². The van der Waals surface area contributed by atoms with Crippen LogP contribution in [0, 0.1) is 13.8 Å². The molecule has 8 heteroatoms. The molecule has 2 rings (SSSR count). The molecule has 0 aliphatic carbocycles. The molecule has 0 saturated heterocycles. The molecule has 0 aliphatic rings. The van der Waals surface area contributed by atoms with Crippen molar-refractivity contribution in [2.24, 2.45) is 0 Å². The Balaban J connectivity index is 2.07. The third kappa shape index (κ3) is 7.25. The fraction of sp³-hybridized carbons (Fsp3) is 0.417. The van der Waals surface area contributed by atoms with Crippen molar-refractivity contribution < 1.29 is 38.9 Å². The molecule has 8 nitrogen and oxygen atoms in total. The summed E-state index contributed by atoms with van der Waals surface area (Å²) < 4.78 is 0. The van der Waals surface area contributed by atoms with Crippen LogP contribution in [0.25, 0.3) is 0 Å². The Bertz CT molecular complexity index is 887. The van der Waals surface area contributed by atoms with Crippen LogP contribution in [0.15, 0.2) is 36.4 Å². The summed E-state index contributed by atoms with van der Waals surface area (Å²) in [6.45, 7) is 14.3. The van der Waals surface area contributed by atoms with Crippen molar-refractivity contribution in [1.29, 1.82) is 0 Å². The normalized spacial score (nSPS) is 11.6. The van der Waals surface area contributed by atoms with Gasteiger partial charge in [-0.25, -0.2) is 19.4 Å². The van der Waals surface area contributed by atoms with E-state index < -0.39 is 23.1 Å². The monoisotopic (exact) mass is 446 g/mol. The Morgan fingerprint density at radius 3 is 1.28 bits per heavy atom. The molecule has 0 amide bonds. The number of carbonyl (C=O) groups excluding carboxylic acids is 2. The summed E-state index contributed by atoms with van der Waals surface area (Å²) in [6, 6.07) is 9.56. The minimum absolute atomic E-state index is 0.167. The van der Waals surface area contributed by atoms with E-state index in [-0.39, 0.29) is 11.1 Å². The van der Waals surface area contributed by atoms with Crippen molar-refractivity contribution in [1.82, 2.24) is 0 Å². The van der Waals surface area contributed by atoms with Crippen molar-refractivity contribution in [2.75, 3.05) is 0 Å². The molecule has 0 aromatic heterocycles. The number of hydrogen-bond donors (Lipinski definition) is 0. The molecule has 0 radical (unpaired) electrons. The minimum atomic E-state index is -0.849. The first-order chi connectivity index (χ1) is 14.8. The molecule has 0 aliphatic heterocycles. The maximum absolute atomic E-state index is 12.5. The molecule has 0 bridgehead atoms. The highest BCUT2D eigenvalue weighted by Crippen LogP contribution is 2.26. The standard InChI is InChI=1S/C24H30O8/c1-15-17(11-9-13-19(15)27-31-23(3,4)5)21(25)29-30-22(26)18-12-10-14-20(16(18)2)28-32-24(6,7)8/h9-14H,1-8H3. The molecule has 0 fully saturated rings. The summed E-state index contributed by atoms with van der Waals surface area (Å²) in [6.07, 6.45) is 0. The second kappa shape index (κ2) is 10.0. The highest BCUT2D eigenvalue weighted by atomic mass is 17.2. The molecule has 2 aromatic rings. The second-order valence-corrected chi connectivity index (χ2v) is 9.16. The van der Waals surface area contributed by atoms with Crippen molar-refractivity contribution >= 4 is 11.9 Å². The summed E-state index contributed by atoms with van der Waals surface area (Å²) in [5.74, 6) is -1.00. The average molecular weight is 446 g/mol. The van der Waals surface area contributed by atoms with Gasteiger partial charge in [0.25, 0.3) is 0 Å². The molecule has 0 saturated carbocycles. The van der Waals surface area contributed by atoms with Crippen molar-refractivity contribution in [2.45, 2.75) is 66.6 Å². The van der Waals surface area contributed by atoms with Gasteiger partial charge in [0, 0.05) is 11.1 Å². The number of hydrogen-bond acceptors (Lipinski definition) is 8. The lowest BCUT2D eigenvalue weighted by molar-refractivity contribution is -0.275. The Morgan fingerprint density at radius 2 is 0.969 bits per heavy atom. The lowest BCUT2D eigenvalue weighted by atomic mass is 10.1. The van der Waals surface area contributed by atoms with Gasteiger partial charge in [-0.05, 0) is 79.7 Å². The molecule has 0 spiro atoms. The first-order valence-electron chi connectivity index (χ1n) is 10.1. The van der Waals surface area contributed by atoms with Crippen LogP contribution in [-0.4, -0.2) is 23.1 Å². The quantitative estimate of drug-likeness (QED) is 0.427. The van der Waals surface area contributed by atoms with Gasteiger partial charge in [-0.3, -0.25) is 0 Å². The van der Waals surface area contributed by atoms with Gasteiger partial charge in [0.05, 0.1) is 11.1 Å². The zero-order valence-corrected chi connectivity index (χ0v) is 19.7. The van der Waals surface area contributed by atoms with Gasteiger partial charge in [-0.1, -0.05) is 12.1 Å². The van der Waals surface area contributed by atoms with Crippen LogP contribution in [0.5, 0.6) is 11.5 Å². The predicted octanol–water partition coefficient (Wildman–Crippen LogP) is 5.45. The van der Waals surface area contributed by atoms with E-state index in [1.165, 1.54) is 12.1 Å². The largest absolute Gasteiger partial charge is 0.386 e. The van der Waals surface area contributed by atoms with E-state index >= 15 is 0 Å². The molecule has 0 atom stereocenters. The van der Waals surface area contributed by atoms with E-state index in [1.54, 1.807) is 38.1 Å². The van der Waals surface area contributed by atoms with Crippen LogP contribution in [0.2, 0.25) is 0 Å². The van der Waals surface area contributed by atoms with Crippen LogP contribution in [0.4, 0.5) is 0 Å². The molecule has 0 N–H and O–H groups in total. The van der Waals surface area contributed by atoms with Crippen LogP contribution in [0.1, 0.15) is 73.4 Å². The fourth-order valence-electron chi connectivity index (χ4n) is 2.36. The smallest absolute Gasteiger partial charge is 0.337 e. The second-order valence-electron chi connectivity index (χ2n) is 9.16. The van der Waals surface area contributed by atoms with Gasteiger partial charge in [0.2, 0.25) is 0 Å². The first-order valence-corrected chi connectivity index (χ1v) is 10.1. The molecule has 0 heterocycles. The van der Waals surface area contributed by atoms with Gasteiger partial charge >= 0.3 is 11.9 Å². The van der Waals surface area contributed by atoms with E-state index in [0.29, 0.717) is 22.6 Å². The van der Waals surface area contributed by atoms with Gasteiger partial charge in [0.1, 0.15) is 11.2 Å². The number of benzene rings is 2. The van der Waals surface area contributed by atoms with Gasteiger partial charge in [-0.2, -0.15) is 9.78 Å². The zero-order valence-electron chi connectivity index (χ0n) is 19.7. The number of carbonyl (C=O) groups is 2. The SMILES string of the molecule is Cc1c(OOC(C)(C)C)cccc1C(=O)OOC(=O)c1cccc(OOC(C)(C)C)c1C. The highest BCUT2D eigenvalue weighted by Gasteiger charge is 2.22. The Hall–Kier alpha value is -3.10. The Labute approximate surface area is 188 Å². The lowest BCUT2D eigenvalue weighted by Gasteiger charge is -2.19. The summed E-state index contributed by atoms with van der Waals surface area (Å²) in [5.41, 5.74) is 0.215. The summed E-state index contributed by atoms with van der Waals surface area (Å²) >= 11 is 0. The molecule has 174 valence electrons. The molecule has 0 unspecified atom stereocenters. The summed E-state index contributed by atoms with van der Waals surface area (Å²) in [5, 5.41) is 0. The third-order valence-electron chi connectivity index (χ3n) is 3.96. The lowest BCUT2D eigenvalue weighted by Crippen LogP contribution is -2.22. The van der Waals surface area contributed by atoms with Crippen molar-refractivity contribution in [3.63, 3.8) is 0 Å². The van der Waals surface area contributed by atoms with E-state index in [0.717, 1.165) is 0 Å². The van der Waals surface area contributed by atoms with Crippen LogP contribution < -0.4 is 9.78 Å². The maximum Gasteiger partial charge on any atom is 0.386 e. The molecule has 2 aromatic carbocycles. The Morgan fingerprint density at radius 1 is 0.625 bits per heavy atom. The average Bonchev–Trinajstić information content (AvgIpc) is 2.69. The van der Waals surface area contributed by atoms with E-state index in [4.69, 9.17) is 29.3 Å². The minimum Gasteiger partial charge on any atom is -0.337 e. The zero-order chi connectivity index (χ0) is 24.1. The highest BCUT2D eigenvalue weighted by molar-refractivity contribution is 5.94. The molecular formula is C24H30O8. The van der Waals surface area contributed by atoms with Gasteiger partial charge < -0.3 is 9.78 Å². The van der Waals surface area contributed by atoms with Crippen LogP contribution in [0.3, 0.4) is 0 Å². The maximum atomic E-state index is 12.5. The molecule has 32 heavy (non-hydrogen) atoms. The van der Waals surface area contributed by atoms with Gasteiger partial charge in [-0.15, -0.1) is 0 Å². The van der Waals surface area contributed by atoms with Crippen molar-refractivity contribution in [3.8, 4) is 11.5 Å². The van der Waals surface area contributed by atoms with Crippen molar-refractivity contribution in [3.05, 3.63) is 58.7 Å². The van der Waals surface area contributed by atoms with Gasteiger partial charge in [0.15, 0.2) is 11.5 Å². The first kappa shape index (κ1) is 25.2. The van der Waals surface area contributed by atoms with E-state index in [1.807, 2.05) is 41.5 Å². The summed E-state index contributed by atoms with van der Waals surface area (Å²) in [7, 11) is 0. The fourth-order valence-corrected chi connectivity index (χ4v) is 2.36. The third-order valence-corrected chi connectivity index (χ3v) is 3.96. The summed E-state index contributed by atoms with van der Waals surface area (Å²) in [4.78, 5) is 55.7. The topological polar surface area (TPSA) is 89.5 Å². The predicted molar refractivity (Wildman–Crippen MR) is 116 cm³/mol. The van der Waals surface area contributed by atoms with Crippen LogP contribution >= 0.6 is 0 Å².